The summed E-state index contributed by atoms with van der Waals surface area (Å²) >= 11 is 0. The zero-order valence-electron chi connectivity index (χ0n) is 12.0. The lowest BCUT2D eigenvalue weighted by molar-refractivity contribution is -0.120. The molecule has 0 saturated carbocycles. The molecule has 1 aromatic carbocycles. The monoisotopic (exact) mass is 287 g/mol. The van der Waals surface area contributed by atoms with Crippen LogP contribution in [0, 0.1) is 0 Å². The molecule has 21 heavy (non-hydrogen) atoms. The van der Waals surface area contributed by atoms with E-state index in [4.69, 9.17) is 0 Å². The highest BCUT2D eigenvalue weighted by atomic mass is 16.2. The second kappa shape index (κ2) is 8.21. The highest BCUT2D eigenvalue weighted by Crippen LogP contribution is 2.07. The molecule has 1 aliphatic heterocycles. The van der Waals surface area contributed by atoms with Crippen LogP contribution < -0.4 is 16.0 Å². The topological polar surface area (TPSA) is 70.2 Å². The fourth-order valence-electron chi connectivity index (χ4n) is 2.17. The molecule has 1 heterocycles. The largest absolute Gasteiger partial charge is 0.354 e. The van der Waals surface area contributed by atoms with E-state index in [0.717, 1.165) is 25.9 Å². The first-order valence-electron chi connectivity index (χ1n) is 7.24. The van der Waals surface area contributed by atoms with Gasteiger partial charge in [-0.05, 0) is 31.5 Å². The third kappa shape index (κ3) is 5.39. The van der Waals surface area contributed by atoms with Gasteiger partial charge in [0.05, 0.1) is 6.54 Å². The van der Waals surface area contributed by atoms with Gasteiger partial charge in [-0.1, -0.05) is 29.8 Å². The number of rotatable bonds is 6. The van der Waals surface area contributed by atoms with Gasteiger partial charge >= 0.3 is 0 Å². The maximum absolute atomic E-state index is 11.8. The van der Waals surface area contributed by atoms with Gasteiger partial charge in [-0.15, -0.1) is 0 Å². The van der Waals surface area contributed by atoms with Crippen molar-refractivity contribution in [1.82, 2.24) is 16.0 Å². The van der Waals surface area contributed by atoms with E-state index in [1.165, 1.54) is 5.57 Å². The number of hydrogen-bond acceptors (Lipinski definition) is 3. The van der Waals surface area contributed by atoms with Crippen molar-refractivity contribution >= 4 is 11.8 Å². The Labute approximate surface area is 124 Å². The van der Waals surface area contributed by atoms with Gasteiger partial charge in [0.2, 0.25) is 5.91 Å². The minimum absolute atomic E-state index is 0.00826. The van der Waals surface area contributed by atoms with Crippen LogP contribution in [0.1, 0.15) is 23.2 Å². The first kappa shape index (κ1) is 15.3. The second-order valence-corrected chi connectivity index (χ2v) is 4.97. The Morgan fingerprint density at radius 1 is 1.14 bits per heavy atom. The van der Waals surface area contributed by atoms with Crippen LogP contribution in [0.4, 0.5) is 0 Å². The summed E-state index contributed by atoms with van der Waals surface area (Å²) in [6.45, 7) is 2.55. The highest BCUT2D eigenvalue weighted by molar-refractivity contribution is 5.96. The molecule has 0 radical (unpaired) electrons. The molecule has 5 heteroatoms. The summed E-state index contributed by atoms with van der Waals surface area (Å²) in [5.41, 5.74) is 1.94. The average molecular weight is 287 g/mol. The fourth-order valence-corrected chi connectivity index (χ4v) is 2.17. The summed E-state index contributed by atoms with van der Waals surface area (Å²) in [5, 5.41) is 8.68. The van der Waals surface area contributed by atoms with E-state index in [1.807, 2.05) is 6.07 Å². The maximum Gasteiger partial charge on any atom is 0.251 e. The van der Waals surface area contributed by atoms with Crippen molar-refractivity contribution in [2.45, 2.75) is 12.8 Å². The molecule has 0 aromatic heterocycles. The first-order valence-corrected chi connectivity index (χ1v) is 7.24. The van der Waals surface area contributed by atoms with Crippen molar-refractivity contribution in [1.29, 1.82) is 0 Å². The normalized spacial score (nSPS) is 14.2. The molecular weight excluding hydrogens is 266 g/mol. The maximum atomic E-state index is 11.8. The summed E-state index contributed by atoms with van der Waals surface area (Å²) in [4.78, 5) is 23.4. The van der Waals surface area contributed by atoms with E-state index in [9.17, 15) is 9.59 Å². The standard InChI is InChI=1S/C16H21N3O2/c20-15(18-11-8-13-6-9-17-10-7-13)12-19-16(21)14-4-2-1-3-5-14/h1-6,17H,7-12H2,(H,18,20)(H,19,21). The summed E-state index contributed by atoms with van der Waals surface area (Å²) in [5.74, 6) is -0.388. The predicted molar refractivity (Wildman–Crippen MR) is 82.0 cm³/mol. The second-order valence-electron chi connectivity index (χ2n) is 4.97. The van der Waals surface area contributed by atoms with Crippen molar-refractivity contribution < 1.29 is 9.59 Å². The highest BCUT2D eigenvalue weighted by Gasteiger charge is 2.08. The Morgan fingerprint density at radius 3 is 2.67 bits per heavy atom. The molecule has 0 fully saturated rings. The molecular formula is C16H21N3O2. The zero-order valence-corrected chi connectivity index (χ0v) is 12.0. The van der Waals surface area contributed by atoms with Gasteiger partial charge in [-0.2, -0.15) is 0 Å². The predicted octanol–water partition coefficient (Wildman–Crippen LogP) is 0.842. The molecule has 0 atom stereocenters. The third-order valence-electron chi connectivity index (χ3n) is 3.37. The molecule has 112 valence electrons. The van der Waals surface area contributed by atoms with Gasteiger partial charge in [0.1, 0.15) is 0 Å². The number of benzene rings is 1. The Balaban J connectivity index is 1.63. The quantitative estimate of drug-likeness (QED) is 0.679. The van der Waals surface area contributed by atoms with Gasteiger partial charge < -0.3 is 16.0 Å². The summed E-state index contributed by atoms with van der Waals surface area (Å²) in [6, 6.07) is 8.87. The van der Waals surface area contributed by atoms with E-state index < -0.39 is 0 Å². The molecule has 5 nitrogen and oxygen atoms in total. The first-order chi connectivity index (χ1) is 10.3. The van der Waals surface area contributed by atoms with Crippen molar-refractivity contribution in [3.8, 4) is 0 Å². The number of carbonyl (C=O) groups is 2. The van der Waals surface area contributed by atoms with E-state index in [2.05, 4.69) is 22.0 Å². The number of nitrogens with one attached hydrogen (secondary N) is 3. The zero-order chi connectivity index (χ0) is 14.9. The van der Waals surface area contributed by atoms with Gasteiger partial charge in [-0.3, -0.25) is 9.59 Å². The molecule has 2 amide bonds. The van der Waals surface area contributed by atoms with Crippen LogP contribution in [-0.4, -0.2) is 38.0 Å². The van der Waals surface area contributed by atoms with E-state index >= 15 is 0 Å². The summed E-state index contributed by atoms with van der Waals surface area (Å²) in [7, 11) is 0. The van der Waals surface area contributed by atoms with Crippen LogP contribution >= 0.6 is 0 Å². The van der Waals surface area contributed by atoms with E-state index in [0.29, 0.717) is 12.1 Å². The minimum atomic E-state index is -0.230. The lowest BCUT2D eigenvalue weighted by atomic mass is 10.1. The molecule has 0 unspecified atom stereocenters. The SMILES string of the molecule is O=C(CNC(=O)c1ccccc1)NCCC1=CCNCC1. The molecule has 0 spiro atoms. The molecule has 0 aliphatic carbocycles. The van der Waals surface area contributed by atoms with Crippen molar-refractivity contribution in [2.75, 3.05) is 26.2 Å². The molecule has 1 aromatic rings. The van der Waals surface area contributed by atoms with Crippen LogP contribution in [0.25, 0.3) is 0 Å². The lowest BCUT2D eigenvalue weighted by Gasteiger charge is -2.14. The van der Waals surface area contributed by atoms with Gasteiger partial charge in [0.25, 0.3) is 5.91 Å². The Bertz CT molecular complexity index is 512. The number of hydrogen-bond donors (Lipinski definition) is 3. The fraction of sp³-hybridized carbons (Fsp3) is 0.375. The Morgan fingerprint density at radius 2 is 1.95 bits per heavy atom. The summed E-state index contributed by atoms with van der Waals surface area (Å²) in [6.07, 6.45) is 4.09. The number of amides is 2. The van der Waals surface area contributed by atoms with Crippen LogP contribution in [0.15, 0.2) is 42.0 Å². The molecule has 3 N–H and O–H groups in total. The van der Waals surface area contributed by atoms with Crippen molar-refractivity contribution in [3.05, 3.63) is 47.5 Å². The Hall–Kier alpha value is -2.14. The van der Waals surface area contributed by atoms with Crippen molar-refractivity contribution in [2.24, 2.45) is 0 Å². The minimum Gasteiger partial charge on any atom is -0.354 e. The molecule has 0 bridgehead atoms. The lowest BCUT2D eigenvalue weighted by Crippen LogP contribution is -2.37. The smallest absolute Gasteiger partial charge is 0.251 e. The summed E-state index contributed by atoms with van der Waals surface area (Å²) < 4.78 is 0. The molecule has 1 aliphatic rings. The van der Waals surface area contributed by atoms with Gasteiger partial charge in [0.15, 0.2) is 0 Å². The van der Waals surface area contributed by atoms with Gasteiger partial charge in [0, 0.05) is 18.7 Å². The van der Waals surface area contributed by atoms with E-state index in [-0.39, 0.29) is 18.4 Å². The number of carbonyl (C=O) groups excluding carboxylic acids is 2. The third-order valence-corrected chi connectivity index (χ3v) is 3.37. The van der Waals surface area contributed by atoms with Crippen LogP contribution in [0.2, 0.25) is 0 Å². The molecule has 0 saturated heterocycles. The molecule has 2 rings (SSSR count). The van der Waals surface area contributed by atoms with Crippen molar-refractivity contribution in [3.63, 3.8) is 0 Å². The van der Waals surface area contributed by atoms with E-state index in [1.54, 1.807) is 24.3 Å². The van der Waals surface area contributed by atoms with Crippen LogP contribution in [0.3, 0.4) is 0 Å². The Kier molecular flexibility index (Phi) is 5.97. The van der Waals surface area contributed by atoms with Crippen LogP contribution in [-0.2, 0) is 4.79 Å². The van der Waals surface area contributed by atoms with Gasteiger partial charge in [-0.25, -0.2) is 0 Å². The average Bonchev–Trinajstić information content (AvgIpc) is 2.54. The van der Waals surface area contributed by atoms with Crippen LogP contribution in [0.5, 0.6) is 0 Å².